The van der Waals surface area contributed by atoms with E-state index in [2.05, 4.69) is 24.5 Å². The smallest absolute Gasteiger partial charge is 0.257 e. The van der Waals surface area contributed by atoms with Crippen LogP contribution >= 0.6 is 12.2 Å². The predicted octanol–water partition coefficient (Wildman–Crippen LogP) is 0.355. The summed E-state index contributed by atoms with van der Waals surface area (Å²) in [5.74, 6) is -0.706. The molecule has 110 valence electrons. The van der Waals surface area contributed by atoms with Crippen LogP contribution in [0.2, 0.25) is 0 Å². The van der Waals surface area contributed by atoms with E-state index < -0.39 is 0 Å². The summed E-state index contributed by atoms with van der Waals surface area (Å²) in [5, 5.41) is 5.87. The van der Waals surface area contributed by atoms with Crippen LogP contribution in [0.1, 0.15) is 24.2 Å². The lowest BCUT2D eigenvalue weighted by molar-refractivity contribution is -0.895. The molecule has 0 radical (unpaired) electrons. The Bertz CT molecular complexity index is 446. The highest BCUT2D eigenvalue weighted by molar-refractivity contribution is 7.80. The number of hydrogen-bond acceptors (Lipinski definition) is 2. The monoisotopic (exact) mass is 298 g/mol. The van der Waals surface area contributed by atoms with Gasteiger partial charge in [-0.2, -0.15) is 0 Å². The number of likely N-dealkylation sites (N-methyl/N-ethyl adjacent to an activating group) is 1. The maximum absolute atomic E-state index is 12.7. The van der Waals surface area contributed by atoms with Gasteiger partial charge in [0.05, 0.1) is 26.2 Å². The molecule has 0 aliphatic rings. The molecule has 6 heteroatoms. The first-order valence-corrected chi connectivity index (χ1v) is 7.16. The van der Waals surface area contributed by atoms with E-state index in [0.717, 1.165) is 19.6 Å². The van der Waals surface area contributed by atoms with E-state index in [1.807, 2.05) is 0 Å². The molecule has 1 rings (SSSR count). The number of quaternary nitrogens is 1. The molecule has 1 amide bonds. The zero-order chi connectivity index (χ0) is 15.0. The highest BCUT2D eigenvalue weighted by atomic mass is 32.1. The number of halogens is 1. The third-order valence-electron chi connectivity index (χ3n) is 3.10. The number of hydrogen-bond donors (Lipinski definition) is 3. The minimum atomic E-state index is -0.371. The highest BCUT2D eigenvalue weighted by Crippen LogP contribution is 2.02. The summed E-state index contributed by atoms with van der Waals surface area (Å²) in [7, 11) is 0. The SMILES string of the molecule is CC[NH+](CC)CCNC(=S)NC(=O)c1ccc(F)cc1. The van der Waals surface area contributed by atoms with E-state index in [1.54, 1.807) is 0 Å². The summed E-state index contributed by atoms with van der Waals surface area (Å²) in [6.45, 7) is 8.04. The van der Waals surface area contributed by atoms with Crippen molar-refractivity contribution in [3.8, 4) is 0 Å². The van der Waals surface area contributed by atoms with E-state index in [0.29, 0.717) is 17.2 Å². The maximum Gasteiger partial charge on any atom is 0.257 e. The molecule has 0 unspecified atom stereocenters. The Morgan fingerprint density at radius 3 is 2.40 bits per heavy atom. The molecule has 0 atom stereocenters. The van der Waals surface area contributed by atoms with Gasteiger partial charge in [-0.1, -0.05) is 0 Å². The minimum absolute atomic E-state index is 0.297. The average Bonchev–Trinajstić information content (AvgIpc) is 2.44. The molecule has 4 nitrogen and oxygen atoms in total. The van der Waals surface area contributed by atoms with Gasteiger partial charge in [-0.25, -0.2) is 4.39 Å². The van der Waals surface area contributed by atoms with Crippen LogP contribution < -0.4 is 15.5 Å². The van der Waals surface area contributed by atoms with Crippen molar-refractivity contribution in [1.82, 2.24) is 10.6 Å². The molecule has 0 aliphatic heterocycles. The van der Waals surface area contributed by atoms with E-state index >= 15 is 0 Å². The number of nitrogens with one attached hydrogen (secondary N) is 3. The Hall–Kier alpha value is -1.53. The second-order valence-electron chi connectivity index (χ2n) is 4.42. The molecular formula is C14H21FN3OS+. The van der Waals surface area contributed by atoms with E-state index in [1.165, 1.54) is 29.2 Å². The van der Waals surface area contributed by atoms with Crippen molar-refractivity contribution in [2.45, 2.75) is 13.8 Å². The van der Waals surface area contributed by atoms with Gasteiger partial charge in [0.2, 0.25) is 0 Å². The number of carbonyl (C=O) groups is 1. The zero-order valence-corrected chi connectivity index (χ0v) is 12.6. The summed E-state index contributed by atoms with van der Waals surface area (Å²) >= 11 is 5.05. The lowest BCUT2D eigenvalue weighted by atomic mass is 10.2. The summed E-state index contributed by atoms with van der Waals surface area (Å²) in [5.41, 5.74) is 0.380. The molecular weight excluding hydrogens is 277 g/mol. The van der Waals surface area contributed by atoms with Gasteiger partial charge >= 0.3 is 0 Å². The molecule has 0 fully saturated rings. The van der Waals surface area contributed by atoms with Crippen LogP contribution in [-0.2, 0) is 0 Å². The predicted molar refractivity (Wildman–Crippen MR) is 81.4 cm³/mol. The van der Waals surface area contributed by atoms with E-state index in [4.69, 9.17) is 12.2 Å². The topological polar surface area (TPSA) is 45.6 Å². The number of benzene rings is 1. The molecule has 0 saturated carbocycles. The lowest BCUT2D eigenvalue weighted by Gasteiger charge is -2.16. The molecule has 20 heavy (non-hydrogen) atoms. The quantitative estimate of drug-likeness (QED) is 0.664. The first-order chi connectivity index (χ1) is 9.56. The number of thiocarbonyl (C=S) groups is 1. The highest BCUT2D eigenvalue weighted by Gasteiger charge is 2.08. The van der Waals surface area contributed by atoms with Gasteiger partial charge < -0.3 is 10.2 Å². The fourth-order valence-electron chi connectivity index (χ4n) is 1.78. The van der Waals surface area contributed by atoms with Crippen LogP contribution in [0.15, 0.2) is 24.3 Å². The van der Waals surface area contributed by atoms with Crippen molar-refractivity contribution >= 4 is 23.2 Å². The standard InChI is InChI=1S/C14H20FN3OS/c1-3-18(4-2)10-9-16-14(20)17-13(19)11-5-7-12(15)8-6-11/h5-8H,3-4,9-10H2,1-2H3,(H2,16,17,19,20)/p+1. The molecule has 0 spiro atoms. The summed E-state index contributed by atoms with van der Waals surface area (Å²) in [4.78, 5) is 13.3. The summed E-state index contributed by atoms with van der Waals surface area (Å²) in [6, 6.07) is 5.34. The first-order valence-electron chi connectivity index (χ1n) is 6.75. The van der Waals surface area contributed by atoms with Gasteiger partial charge in [0.1, 0.15) is 5.82 Å². The third-order valence-corrected chi connectivity index (χ3v) is 3.34. The van der Waals surface area contributed by atoms with Crippen LogP contribution in [0.3, 0.4) is 0 Å². The number of carbonyl (C=O) groups excluding carboxylic acids is 1. The lowest BCUT2D eigenvalue weighted by Crippen LogP contribution is -3.12. The van der Waals surface area contributed by atoms with Gasteiger partial charge in [-0.3, -0.25) is 10.1 Å². The molecule has 1 aromatic rings. The third kappa shape index (κ3) is 5.63. The number of rotatable bonds is 6. The van der Waals surface area contributed by atoms with E-state index in [-0.39, 0.29) is 11.7 Å². The molecule has 0 bridgehead atoms. The zero-order valence-electron chi connectivity index (χ0n) is 11.8. The largest absolute Gasteiger partial charge is 0.357 e. The fourth-order valence-corrected chi connectivity index (χ4v) is 1.97. The molecule has 0 aliphatic carbocycles. The van der Waals surface area contributed by atoms with Gasteiger partial charge in [0.15, 0.2) is 5.11 Å². The Balaban J connectivity index is 2.35. The van der Waals surface area contributed by atoms with Crippen molar-refractivity contribution in [3.63, 3.8) is 0 Å². The number of amides is 1. The Morgan fingerprint density at radius 1 is 1.25 bits per heavy atom. The van der Waals surface area contributed by atoms with Crippen molar-refractivity contribution in [3.05, 3.63) is 35.6 Å². The van der Waals surface area contributed by atoms with Crippen molar-refractivity contribution < 1.29 is 14.1 Å². The van der Waals surface area contributed by atoms with Gasteiger partial charge in [-0.05, 0) is 50.3 Å². The summed E-state index contributed by atoms with van der Waals surface area (Å²) in [6.07, 6.45) is 0. The summed E-state index contributed by atoms with van der Waals surface area (Å²) < 4.78 is 12.7. The molecule has 0 heterocycles. The van der Waals surface area contributed by atoms with Crippen molar-refractivity contribution in [2.24, 2.45) is 0 Å². The molecule has 0 saturated heterocycles. The van der Waals surface area contributed by atoms with Crippen LogP contribution in [0.4, 0.5) is 4.39 Å². The molecule has 0 aromatic heterocycles. The maximum atomic E-state index is 12.7. The van der Waals surface area contributed by atoms with Crippen LogP contribution in [0.25, 0.3) is 0 Å². The van der Waals surface area contributed by atoms with Crippen LogP contribution in [0, 0.1) is 5.82 Å². The van der Waals surface area contributed by atoms with Gasteiger partial charge in [0, 0.05) is 5.56 Å². The average molecular weight is 298 g/mol. The normalized spacial score (nSPS) is 10.4. The van der Waals surface area contributed by atoms with Crippen LogP contribution in [0.5, 0.6) is 0 Å². The second kappa shape index (κ2) is 8.60. The van der Waals surface area contributed by atoms with E-state index in [9.17, 15) is 9.18 Å². The second-order valence-corrected chi connectivity index (χ2v) is 4.83. The van der Waals surface area contributed by atoms with Crippen LogP contribution in [-0.4, -0.2) is 37.2 Å². The Labute approximate surface area is 124 Å². The molecule has 3 N–H and O–H groups in total. The van der Waals surface area contributed by atoms with Gasteiger partial charge in [0.25, 0.3) is 5.91 Å². The van der Waals surface area contributed by atoms with Crippen molar-refractivity contribution in [1.29, 1.82) is 0 Å². The van der Waals surface area contributed by atoms with Gasteiger partial charge in [-0.15, -0.1) is 0 Å². The Kier molecular flexibility index (Phi) is 7.11. The van der Waals surface area contributed by atoms with Crippen molar-refractivity contribution in [2.75, 3.05) is 26.2 Å². The molecule has 1 aromatic carbocycles. The minimum Gasteiger partial charge on any atom is -0.357 e. The Morgan fingerprint density at radius 2 is 1.85 bits per heavy atom. The first kappa shape index (κ1) is 16.5. The fraction of sp³-hybridized carbons (Fsp3) is 0.429.